The minimum absolute atomic E-state index is 0.356. The third-order valence-corrected chi connectivity index (χ3v) is 2.68. The van der Waals surface area contributed by atoms with Crippen molar-refractivity contribution < 1.29 is 14.3 Å². The summed E-state index contributed by atoms with van der Waals surface area (Å²) in [7, 11) is 4.65. The summed E-state index contributed by atoms with van der Waals surface area (Å²) in [6.45, 7) is 0.545. The molecule has 1 aromatic carbocycles. The predicted molar refractivity (Wildman–Crippen MR) is 66.7 cm³/mol. The summed E-state index contributed by atoms with van der Waals surface area (Å²) < 4.78 is 9.84. The Morgan fingerprint density at radius 2 is 2.12 bits per heavy atom. The van der Waals surface area contributed by atoms with Crippen LogP contribution in [0.4, 0.5) is 4.79 Å². The zero-order valence-corrected chi connectivity index (χ0v) is 11.0. The molecule has 4 nitrogen and oxygen atoms in total. The first-order valence-corrected chi connectivity index (χ1v) is 5.57. The Morgan fingerprint density at radius 3 is 2.71 bits per heavy atom. The predicted octanol–water partition coefficient (Wildman–Crippen LogP) is 2.59. The van der Waals surface area contributed by atoms with Gasteiger partial charge < -0.3 is 14.4 Å². The zero-order valence-electron chi connectivity index (χ0n) is 10.2. The Kier molecular flexibility index (Phi) is 5.10. The number of hydrogen-bond donors (Lipinski definition) is 0. The van der Waals surface area contributed by atoms with Crippen LogP contribution >= 0.6 is 11.6 Å². The summed E-state index contributed by atoms with van der Waals surface area (Å²) >= 11 is 5.92. The Balaban J connectivity index is 2.68. The van der Waals surface area contributed by atoms with E-state index in [-0.39, 0.29) is 6.09 Å². The van der Waals surface area contributed by atoms with Crippen LogP contribution < -0.4 is 4.74 Å². The van der Waals surface area contributed by atoms with Gasteiger partial charge in [0.05, 0.1) is 14.2 Å². The normalized spacial score (nSPS) is 9.88. The number of rotatable bonds is 4. The van der Waals surface area contributed by atoms with E-state index >= 15 is 0 Å². The number of amides is 1. The molecule has 1 rings (SSSR count). The van der Waals surface area contributed by atoms with E-state index in [2.05, 4.69) is 4.74 Å². The summed E-state index contributed by atoms with van der Waals surface area (Å²) in [5, 5.41) is 0.654. The molecule has 0 aliphatic heterocycles. The summed E-state index contributed by atoms with van der Waals surface area (Å²) in [5.41, 5.74) is 0.968. The van der Waals surface area contributed by atoms with Crippen molar-refractivity contribution in [2.24, 2.45) is 0 Å². The minimum atomic E-state index is -0.356. The lowest BCUT2D eigenvalue weighted by molar-refractivity contribution is 0.134. The van der Waals surface area contributed by atoms with Crippen LogP contribution in [0.15, 0.2) is 18.2 Å². The fraction of sp³-hybridized carbons (Fsp3) is 0.417. The molecule has 0 atom stereocenters. The van der Waals surface area contributed by atoms with Gasteiger partial charge in [0.2, 0.25) is 0 Å². The second kappa shape index (κ2) is 6.35. The first-order valence-electron chi connectivity index (χ1n) is 5.20. The molecule has 0 radical (unpaired) electrons. The van der Waals surface area contributed by atoms with Gasteiger partial charge in [0, 0.05) is 18.6 Å². The molecule has 0 saturated heterocycles. The molecule has 0 unspecified atom stereocenters. The number of methoxy groups -OCH3 is 2. The molecule has 0 spiro atoms. The Bertz CT molecular complexity index is 395. The van der Waals surface area contributed by atoms with Crippen LogP contribution in [-0.2, 0) is 11.2 Å². The highest BCUT2D eigenvalue weighted by atomic mass is 35.5. The molecule has 0 saturated carbocycles. The Morgan fingerprint density at radius 1 is 1.41 bits per heavy atom. The molecule has 17 heavy (non-hydrogen) atoms. The molecule has 0 N–H and O–H groups in total. The lowest BCUT2D eigenvalue weighted by Gasteiger charge is -2.16. The largest absolute Gasteiger partial charge is 0.496 e. The minimum Gasteiger partial charge on any atom is -0.496 e. The molecule has 1 amide bonds. The van der Waals surface area contributed by atoms with Crippen LogP contribution in [-0.4, -0.2) is 38.8 Å². The topological polar surface area (TPSA) is 38.8 Å². The average molecular weight is 258 g/mol. The van der Waals surface area contributed by atoms with E-state index in [9.17, 15) is 4.79 Å². The zero-order chi connectivity index (χ0) is 12.8. The van der Waals surface area contributed by atoms with Gasteiger partial charge in [0.15, 0.2) is 0 Å². The molecular weight excluding hydrogens is 242 g/mol. The Hall–Kier alpha value is -1.42. The van der Waals surface area contributed by atoms with Gasteiger partial charge in [-0.05, 0) is 30.2 Å². The highest BCUT2D eigenvalue weighted by Gasteiger charge is 2.10. The van der Waals surface area contributed by atoms with Crippen molar-refractivity contribution in [3.05, 3.63) is 28.8 Å². The van der Waals surface area contributed by atoms with Crippen molar-refractivity contribution in [1.82, 2.24) is 4.90 Å². The second-order valence-corrected chi connectivity index (χ2v) is 4.03. The van der Waals surface area contributed by atoms with Crippen molar-refractivity contribution in [3.8, 4) is 5.75 Å². The lowest BCUT2D eigenvalue weighted by Crippen LogP contribution is -2.28. The SMILES string of the molecule is COC(=O)N(C)CCc1cc(Cl)ccc1OC. The summed E-state index contributed by atoms with van der Waals surface area (Å²) in [6.07, 6.45) is 0.306. The average Bonchev–Trinajstić information content (AvgIpc) is 2.35. The van der Waals surface area contributed by atoms with E-state index in [1.807, 2.05) is 12.1 Å². The van der Waals surface area contributed by atoms with Crippen LogP contribution in [0.25, 0.3) is 0 Å². The van der Waals surface area contributed by atoms with Gasteiger partial charge in [-0.3, -0.25) is 0 Å². The lowest BCUT2D eigenvalue weighted by atomic mass is 10.1. The number of hydrogen-bond acceptors (Lipinski definition) is 3. The van der Waals surface area contributed by atoms with Crippen molar-refractivity contribution in [1.29, 1.82) is 0 Å². The van der Waals surface area contributed by atoms with Crippen molar-refractivity contribution in [2.75, 3.05) is 27.8 Å². The van der Waals surface area contributed by atoms with E-state index in [0.29, 0.717) is 18.0 Å². The van der Waals surface area contributed by atoms with Crippen molar-refractivity contribution in [3.63, 3.8) is 0 Å². The summed E-state index contributed by atoms with van der Waals surface area (Å²) in [4.78, 5) is 12.7. The molecular formula is C12H16ClNO3. The molecule has 0 aliphatic rings. The number of carbonyl (C=O) groups excluding carboxylic acids is 1. The molecule has 0 aromatic heterocycles. The molecule has 1 aromatic rings. The Labute approximate surface area is 106 Å². The fourth-order valence-electron chi connectivity index (χ4n) is 1.48. The number of benzene rings is 1. The smallest absolute Gasteiger partial charge is 0.409 e. The van der Waals surface area contributed by atoms with Crippen LogP contribution in [0.3, 0.4) is 0 Å². The van der Waals surface area contributed by atoms with Gasteiger partial charge in [-0.2, -0.15) is 0 Å². The van der Waals surface area contributed by atoms with Crippen LogP contribution in [0.5, 0.6) is 5.75 Å². The maximum atomic E-state index is 11.2. The summed E-state index contributed by atoms with van der Waals surface area (Å²) in [5.74, 6) is 0.771. The number of likely N-dealkylation sites (N-methyl/N-ethyl adjacent to an activating group) is 1. The van der Waals surface area contributed by atoms with Crippen molar-refractivity contribution in [2.45, 2.75) is 6.42 Å². The molecule has 0 bridgehead atoms. The number of carbonyl (C=O) groups is 1. The van der Waals surface area contributed by atoms with Gasteiger partial charge in [0.25, 0.3) is 0 Å². The first kappa shape index (κ1) is 13.6. The van der Waals surface area contributed by atoms with Crippen LogP contribution in [0.1, 0.15) is 5.56 Å². The van der Waals surface area contributed by atoms with E-state index in [1.54, 1.807) is 20.2 Å². The maximum absolute atomic E-state index is 11.2. The first-order chi connectivity index (χ1) is 8.08. The molecule has 5 heteroatoms. The highest BCUT2D eigenvalue weighted by Crippen LogP contribution is 2.23. The number of ether oxygens (including phenoxy) is 2. The van der Waals surface area contributed by atoms with Crippen molar-refractivity contribution >= 4 is 17.7 Å². The molecule has 0 heterocycles. The van der Waals surface area contributed by atoms with Crippen LogP contribution in [0.2, 0.25) is 5.02 Å². The molecule has 0 aliphatic carbocycles. The monoisotopic (exact) mass is 257 g/mol. The van der Waals surface area contributed by atoms with Crippen LogP contribution in [0, 0.1) is 0 Å². The highest BCUT2D eigenvalue weighted by molar-refractivity contribution is 6.30. The fourth-order valence-corrected chi connectivity index (χ4v) is 1.67. The molecule has 0 fully saturated rings. The van der Waals surface area contributed by atoms with Gasteiger partial charge >= 0.3 is 6.09 Å². The third kappa shape index (κ3) is 3.82. The number of halogens is 1. The molecule has 94 valence electrons. The second-order valence-electron chi connectivity index (χ2n) is 3.60. The van der Waals surface area contributed by atoms with Gasteiger partial charge in [-0.15, -0.1) is 0 Å². The van der Waals surface area contributed by atoms with Gasteiger partial charge in [-0.1, -0.05) is 11.6 Å². The number of nitrogens with zero attached hydrogens (tertiary/aromatic N) is 1. The quantitative estimate of drug-likeness (QED) is 0.832. The standard InChI is InChI=1S/C12H16ClNO3/c1-14(12(15)17-3)7-6-9-8-10(13)4-5-11(9)16-2/h4-5,8H,6-7H2,1-3H3. The van der Waals surface area contributed by atoms with Gasteiger partial charge in [-0.25, -0.2) is 4.79 Å². The van der Waals surface area contributed by atoms with E-state index in [0.717, 1.165) is 11.3 Å². The van der Waals surface area contributed by atoms with E-state index in [1.165, 1.54) is 12.0 Å². The summed E-state index contributed by atoms with van der Waals surface area (Å²) in [6, 6.07) is 5.43. The van der Waals surface area contributed by atoms with E-state index in [4.69, 9.17) is 16.3 Å². The maximum Gasteiger partial charge on any atom is 0.409 e. The van der Waals surface area contributed by atoms with Gasteiger partial charge in [0.1, 0.15) is 5.75 Å². The van der Waals surface area contributed by atoms with E-state index < -0.39 is 0 Å². The third-order valence-electron chi connectivity index (χ3n) is 2.45.